The second-order valence-corrected chi connectivity index (χ2v) is 2.66. The van der Waals surface area contributed by atoms with Crippen LogP contribution >= 0.6 is 0 Å². The fourth-order valence-corrected chi connectivity index (χ4v) is 1.00. The molecule has 66 valence electrons. The third-order valence-corrected chi connectivity index (χ3v) is 1.58. The van der Waals surface area contributed by atoms with Crippen LogP contribution < -0.4 is 0 Å². The van der Waals surface area contributed by atoms with Crippen molar-refractivity contribution in [3.63, 3.8) is 0 Å². The zero-order valence-electron chi connectivity index (χ0n) is 6.98. The highest BCUT2D eigenvalue weighted by atomic mass is 19.1. The van der Waals surface area contributed by atoms with E-state index in [-0.39, 0.29) is 5.82 Å². The molecule has 0 aliphatic carbocycles. The van der Waals surface area contributed by atoms with Crippen LogP contribution in [-0.2, 0) is 0 Å². The molecule has 2 heterocycles. The lowest BCUT2D eigenvalue weighted by atomic mass is 10.4. The number of hydrogen-bond donors (Lipinski definition) is 0. The topological polar surface area (TPSA) is 43.6 Å². The minimum atomic E-state index is -0.481. The Morgan fingerprint density at radius 3 is 2.85 bits per heavy atom. The summed E-state index contributed by atoms with van der Waals surface area (Å²) in [6, 6.07) is 0. The number of halogens is 1. The lowest BCUT2D eigenvalue weighted by molar-refractivity contribution is 0.592. The highest BCUT2D eigenvalue weighted by molar-refractivity contribution is 5.21. The molecule has 0 spiro atoms. The van der Waals surface area contributed by atoms with Gasteiger partial charge in [-0.2, -0.15) is 5.10 Å². The zero-order chi connectivity index (χ0) is 9.26. The van der Waals surface area contributed by atoms with Gasteiger partial charge in [0, 0.05) is 6.20 Å². The molecular weight excluding hydrogens is 171 g/mol. The fourth-order valence-electron chi connectivity index (χ4n) is 1.00. The van der Waals surface area contributed by atoms with Crippen molar-refractivity contribution in [2.45, 2.75) is 6.92 Å². The van der Waals surface area contributed by atoms with Crippen molar-refractivity contribution in [1.82, 2.24) is 19.7 Å². The summed E-state index contributed by atoms with van der Waals surface area (Å²) in [5.41, 5.74) is 0.956. The van der Waals surface area contributed by atoms with Crippen LogP contribution in [0.3, 0.4) is 0 Å². The summed E-state index contributed by atoms with van der Waals surface area (Å²) < 4.78 is 14.5. The van der Waals surface area contributed by atoms with E-state index < -0.39 is 5.82 Å². The molecule has 4 nitrogen and oxygen atoms in total. The summed E-state index contributed by atoms with van der Waals surface area (Å²) in [4.78, 5) is 7.33. The average molecular weight is 178 g/mol. The Morgan fingerprint density at radius 2 is 2.23 bits per heavy atom. The maximum Gasteiger partial charge on any atom is 0.192 e. The predicted molar refractivity (Wildman–Crippen MR) is 43.8 cm³/mol. The predicted octanol–water partition coefficient (Wildman–Crippen LogP) is 1.11. The Balaban J connectivity index is 2.52. The molecule has 0 radical (unpaired) electrons. The second kappa shape index (κ2) is 2.93. The van der Waals surface area contributed by atoms with Crippen molar-refractivity contribution in [3.05, 3.63) is 36.3 Å². The number of nitrogens with zero attached hydrogens (tertiary/aromatic N) is 4. The van der Waals surface area contributed by atoms with Crippen LogP contribution in [0.2, 0.25) is 0 Å². The Morgan fingerprint density at radius 1 is 1.38 bits per heavy atom. The van der Waals surface area contributed by atoms with E-state index in [1.54, 1.807) is 12.4 Å². The molecule has 2 rings (SSSR count). The largest absolute Gasteiger partial charge is 0.242 e. The van der Waals surface area contributed by atoms with E-state index in [0.717, 1.165) is 11.8 Å². The molecule has 2 aromatic heterocycles. The van der Waals surface area contributed by atoms with Crippen LogP contribution in [0.25, 0.3) is 5.82 Å². The summed E-state index contributed by atoms with van der Waals surface area (Å²) >= 11 is 0. The Labute approximate surface area is 74.1 Å². The van der Waals surface area contributed by atoms with E-state index in [0.29, 0.717) is 0 Å². The highest BCUT2D eigenvalue weighted by Crippen LogP contribution is 2.07. The molecule has 0 aromatic carbocycles. The maximum atomic E-state index is 13.1. The van der Waals surface area contributed by atoms with Crippen molar-refractivity contribution in [2.24, 2.45) is 0 Å². The Hall–Kier alpha value is -1.78. The molecule has 0 saturated carbocycles. The van der Waals surface area contributed by atoms with Gasteiger partial charge < -0.3 is 0 Å². The summed E-state index contributed by atoms with van der Waals surface area (Å²) in [6.45, 7) is 1.88. The van der Waals surface area contributed by atoms with Crippen molar-refractivity contribution in [3.8, 4) is 5.82 Å². The summed E-state index contributed by atoms with van der Waals surface area (Å²) in [5, 5.41) is 3.93. The highest BCUT2D eigenvalue weighted by Gasteiger charge is 2.05. The Kier molecular flexibility index (Phi) is 1.77. The average Bonchev–Trinajstić information content (AvgIpc) is 2.53. The number of aryl methyl sites for hydroxylation is 1. The van der Waals surface area contributed by atoms with Gasteiger partial charge in [0.15, 0.2) is 11.6 Å². The van der Waals surface area contributed by atoms with Gasteiger partial charge in [-0.05, 0) is 12.5 Å². The van der Waals surface area contributed by atoms with E-state index in [4.69, 9.17) is 0 Å². The van der Waals surface area contributed by atoms with Crippen molar-refractivity contribution < 1.29 is 4.39 Å². The number of rotatable bonds is 1. The molecule has 0 fully saturated rings. The molecule has 0 saturated heterocycles. The van der Waals surface area contributed by atoms with Crippen LogP contribution in [0.1, 0.15) is 5.56 Å². The fraction of sp³-hybridized carbons (Fsp3) is 0.125. The first-order valence-corrected chi connectivity index (χ1v) is 3.74. The molecule has 0 aliphatic heterocycles. The van der Waals surface area contributed by atoms with Crippen LogP contribution in [0.5, 0.6) is 0 Å². The van der Waals surface area contributed by atoms with E-state index in [1.807, 2.05) is 6.92 Å². The van der Waals surface area contributed by atoms with Gasteiger partial charge in [0.1, 0.15) is 6.33 Å². The molecule has 0 unspecified atom stereocenters. The minimum Gasteiger partial charge on any atom is -0.242 e. The van der Waals surface area contributed by atoms with Crippen LogP contribution in [-0.4, -0.2) is 19.7 Å². The first kappa shape index (κ1) is 7.85. The van der Waals surface area contributed by atoms with Gasteiger partial charge in [0.25, 0.3) is 0 Å². The van der Waals surface area contributed by atoms with Crippen molar-refractivity contribution in [2.75, 3.05) is 0 Å². The van der Waals surface area contributed by atoms with Gasteiger partial charge in [-0.25, -0.2) is 19.0 Å². The van der Waals surface area contributed by atoms with E-state index in [1.165, 1.54) is 11.0 Å². The normalized spacial score (nSPS) is 10.3. The SMILES string of the molecule is Cc1cnn(-c2ncncc2F)c1. The second-order valence-electron chi connectivity index (χ2n) is 2.66. The van der Waals surface area contributed by atoms with Crippen molar-refractivity contribution in [1.29, 1.82) is 0 Å². The molecule has 13 heavy (non-hydrogen) atoms. The molecule has 0 atom stereocenters. The first-order valence-electron chi connectivity index (χ1n) is 3.74. The van der Waals surface area contributed by atoms with Gasteiger partial charge in [0.05, 0.1) is 12.4 Å². The molecule has 5 heteroatoms. The first-order chi connectivity index (χ1) is 6.27. The van der Waals surface area contributed by atoms with Gasteiger partial charge in [-0.1, -0.05) is 0 Å². The summed E-state index contributed by atoms with van der Waals surface area (Å²) in [7, 11) is 0. The Bertz CT molecular complexity index is 424. The van der Waals surface area contributed by atoms with E-state index in [9.17, 15) is 4.39 Å². The number of hydrogen-bond acceptors (Lipinski definition) is 3. The van der Waals surface area contributed by atoms with Crippen LogP contribution in [0, 0.1) is 12.7 Å². The van der Waals surface area contributed by atoms with Crippen LogP contribution in [0.4, 0.5) is 4.39 Å². The van der Waals surface area contributed by atoms with Gasteiger partial charge in [-0.3, -0.25) is 0 Å². The third kappa shape index (κ3) is 1.40. The third-order valence-electron chi connectivity index (χ3n) is 1.58. The summed E-state index contributed by atoms with van der Waals surface area (Å²) in [6.07, 6.45) is 5.74. The standard InChI is InChI=1S/C8H7FN4/c1-6-2-12-13(4-6)8-7(9)3-10-5-11-8/h2-5H,1H3. The van der Waals surface area contributed by atoms with E-state index in [2.05, 4.69) is 15.1 Å². The maximum absolute atomic E-state index is 13.1. The van der Waals surface area contributed by atoms with E-state index >= 15 is 0 Å². The lowest BCUT2D eigenvalue weighted by Crippen LogP contribution is -2.01. The van der Waals surface area contributed by atoms with Crippen LogP contribution in [0.15, 0.2) is 24.9 Å². The summed E-state index contributed by atoms with van der Waals surface area (Å²) in [5.74, 6) is -0.311. The minimum absolute atomic E-state index is 0.170. The molecule has 0 amide bonds. The smallest absolute Gasteiger partial charge is 0.192 e. The van der Waals surface area contributed by atoms with Gasteiger partial charge >= 0.3 is 0 Å². The molecule has 0 aliphatic rings. The monoisotopic (exact) mass is 178 g/mol. The number of aromatic nitrogens is 4. The lowest BCUT2D eigenvalue weighted by Gasteiger charge is -1.98. The van der Waals surface area contributed by atoms with Gasteiger partial charge in [-0.15, -0.1) is 0 Å². The molecule has 2 aromatic rings. The van der Waals surface area contributed by atoms with Crippen molar-refractivity contribution >= 4 is 0 Å². The van der Waals surface area contributed by atoms with Gasteiger partial charge in [0.2, 0.25) is 0 Å². The quantitative estimate of drug-likeness (QED) is 0.657. The molecular formula is C8H7FN4. The molecule has 0 N–H and O–H groups in total. The zero-order valence-corrected chi connectivity index (χ0v) is 6.98. The molecule has 0 bridgehead atoms.